The number of anilines is 1. The Bertz CT molecular complexity index is 853. The number of hydrogen-bond acceptors (Lipinski definition) is 5. The van der Waals surface area contributed by atoms with Crippen LogP contribution in [0.4, 0.5) is 5.82 Å². The summed E-state index contributed by atoms with van der Waals surface area (Å²) >= 11 is 3.60. The largest absolute Gasteiger partial charge is 0.353 e. The third-order valence-electron chi connectivity index (χ3n) is 4.49. The first-order chi connectivity index (χ1) is 11.7. The van der Waals surface area contributed by atoms with Gasteiger partial charge < -0.3 is 9.80 Å². The predicted molar refractivity (Wildman–Crippen MR) is 98.3 cm³/mol. The van der Waals surface area contributed by atoms with Crippen molar-refractivity contribution in [1.29, 1.82) is 0 Å². The van der Waals surface area contributed by atoms with E-state index in [2.05, 4.69) is 53.9 Å². The van der Waals surface area contributed by atoms with E-state index in [1.54, 1.807) is 6.33 Å². The molecular weight excluding hydrogens is 368 g/mol. The van der Waals surface area contributed by atoms with Gasteiger partial charge in [0.05, 0.1) is 18.1 Å². The summed E-state index contributed by atoms with van der Waals surface area (Å²) < 4.78 is 3.03. The first kappa shape index (κ1) is 15.5. The van der Waals surface area contributed by atoms with Gasteiger partial charge in [-0.05, 0) is 18.7 Å². The van der Waals surface area contributed by atoms with Crippen LogP contribution >= 0.6 is 15.9 Å². The van der Waals surface area contributed by atoms with Gasteiger partial charge in [-0.2, -0.15) is 5.10 Å². The SMILES string of the molecule is CN1CCN(c2ncnc3c2cnn3Cc2ccccc2Br)CC1. The van der Waals surface area contributed by atoms with Gasteiger partial charge in [0.2, 0.25) is 0 Å². The molecule has 3 heterocycles. The van der Waals surface area contributed by atoms with E-state index in [1.165, 1.54) is 5.56 Å². The molecule has 0 saturated carbocycles. The minimum absolute atomic E-state index is 0.685. The van der Waals surface area contributed by atoms with Crippen LogP contribution < -0.4 is 4.90 Å². The van der Waals surface area contributed by atoms with Gasteiger partial charge in [0, 0.05) is 30.7 Å². The first-order valence-corrected chi connectivity index (χ1v) is 8.85. The number of hydrogen-bond donors (Lipinski definition) is 0. The maximum absolute atomic E-state index is 4.56. The van der Waals surface area contributed by atoms with Crippen molar-refractivity contribution in [3.05, 3.63) is 46.8 Å². The molecule has 1 saturated heterocycles. The van der Waals surface area contributed by atoms with Gasteiger partial charge in [0.1, 0.15) is 12.1 Å². The highest BCUT2D eigenvalue weighted by molar-refractivity contribution is 9.10. The second kappa shape index (κ2) is 6.49. The lowest BCUT2D eigenvalue weighted by Crippen LogP contribution is -2.44. The molecule has 4 rings (SSSR count). The van der Waals surface area contributed by atoms with Gasteiger partial charge in [-0.3, -0.25) is 0 Å². The third kappa shape index (κ3) is 2.89. The molecule has 1 aromatic carbocycles. The zero-order chi connectivity index (χ0) is 16.5. The second-order valence-corrected chi connectivity index (χ2v) is 6.97. The Morgan fingerprint density at radius 2 is 1.88 bits per heavy atom. The Balaban J connectivity index is 1.68. The van der Waals surface area contributed by atoms with Gasteiger partial charge >= 0.3 is 0 Å². The summed E-state index contributed by atoms with van der Waals surface area (Å²) in [5.74, 6) is 0.992. The summed E-state index contributed by atoms with van der Waals surface area (Å²) in [7, 11) is 2.16. The van der Waals surface area contributed by atoms with Crippen molar-refractivity contribution in [3.8, 4) is 0 Å². The normalized spacial score (nSPS) is 16.0. The van der Waals surface area contributed by atoms with E-state index in [-0.39, 0.29) is 0 Å². The lowest BCUT2D eigenvalue weighted by Gasteiger charge is -2.33. The summed E-state index contributed by atoms with van der Waals surface area (Å²) in [5.41, 5.74) is 2.07. The lowest BCUT2D eigenvalue weighted by atomic mass is 10.2. The molecule has 124 valence electrons. The Hall–Kier alpha value is -1.99. The maximum atomic E-state index is 4.56. The molecule has 2 aromatic heterocycles. The van der Waals surface area contributed by atoms with Gasteiger partial charge in [-0.15, -0.1) is 0 Å². The van der Waals surface area contributed by atoms with E-state index < -0.39 is 0 Å². The molecule has 0 bridgehead atoms. The van der Waals surface area contributed by atoms with Crippen LogP contribution in [-0.2, 0) is 6.54 Å². The fraction of sp³-hybridized carbons (Fsp3) is 0.353. The zero-order valence-electron chi connectivity index (χ0n) is 13.6. The molecule has 0 unspecified atom stereocenters. The topological polar surface area (TPSA) is 50.1 Å². The molecule has 0 aliphatic carbocycles. The second-order valence-electron chi connectivity index (χ2n) is 6.12. The summed E-state index contributed by atoms with van der Waals surface area (Å²) in [4.78, 5) is 13.7. The smallest absolute Gasteiger partial charge is 0.163 e. The van der Waals surface area contributed by atoms with Gasteiger partial charge in [0.15, 0.2) is 5.65 Å². The van der Waals surface area contributed by atoms with Gasteiger partial charge in [-0.1, -0.05) is 34.1 Å². The van der Waals surface area contributed by atoms with Gasteiger partial charge in [0.25, 0.3) is 0 Å². The Morgan fingerprint density at radius 1 is 1.08 bits per heavy atom. The highest BCUT2D eigenvalue weighted by Gasteiger charge is 2.19. The van der Waals surface area contributed by atoms with Crippen LogP contribution in [-0.4, -0.2) is 57.9 Å². The van der Waals surface area contributed by atoms with Crippen molar-refractivity contribution in [2.24, 2.45) is 0 Å². The Morgan fingerprint density at radius 3 is 2.67 bits per heavy atom. The number of halogens is 1. The molecule has 0 atom stereocenters. The van der Waals surface area contributed by atoms with E-state index in [4.69, 9.17) is 0 Å². The number of nitrogens with zero attached hydrogens (tertiary/aromatic N) is 6. The van der Waals surface area contributed by atoms with Crippen LogP contribution in [0.2, 0.25) is 0 Å². The van der Waals surface area contributed by atoms with Crippen molar-refractivity contribution in [2.75, 3.05) is 38.1 Å². The zero-order valence-corrected chi connectivity index (χ0v) is 15.1. The first-order valence-electron chi connectivity index (χ1n) is 8.06. The lowest BCUT2D eigenvalue weighted by molar-refractivity contribution is 0.312. The predicted octanol–water partition coefficient (Wildman–Crippen LogP) is 2.39. The Labute approximate surface area is 149 Å². The molecule has 6 nitrogen and oxygen atoms in total. The molecule has 0 amide bonds. The molecule has 0 N–H and O–H groups in total. The van der Waals surface area contributed by atoms with E-state index in [9.17, 15) is 0 Å². The number of benzene rings is 1. The fourth-order valence-electron chi connectivity index (χ4n) is 3.05. The van der Waals surface area contributed by atoms with Crippen molar-refractivity contribution in [3.63, 3.8) is 0 Å². The average Bonchev–Trinajstić information content (AvgIpc) is 3.01. The van der Waals surface area contributed by atoms with Crippen molar-refractivity contribution >= 4 is 32.8 Å². The fourth-order valence-corrected chi connectivity index (χ4v) is 3.46. The van der Waals surface area contributed by atoms with E-state index in [0.717, 1.165) is 47.5 Å². The molecule has 3 aromatic rings. The number of likely N-dealkylation sites (N-methyl/N-ethyl adjacent to an activating group) is 1. The van der Waals surface area contributed by atoms with Crippen LogP contribution in [0.15, 0.2) is 41.3 Å². The molecule has 24 heavy (non-hydrogen) atoms. The van der Waals surface area contributed by atoms with E-state index in [0.29, 0.717) is 6.54 Å². The molecule has 7 heteroatoms. The quantitative estimate of drug-likeness (QED) is 0.691. The maximum Gasteiger partial charge on any atom is 0.163 e. The molecule has 0 radical (unpaired) electrons. The highest BCUT2D eigenvalue weighted by Crippen LogP contribution is 2.25. The van der Waals surface area contributed by atoms with Crippen LogP contribution in [0, 0.1) is 0 Å². The van der Waals surface area contributed by atoms with Crippen molar-refractivity contribution in [1.82, 2.24) is 24.6 Å². The molecule has 1 aliphatic rings. The summed E-state index contributed by atoms with van der Waals surface area (Å²) in [5, 5.41) is 5.58. The van der Waals surface area contributed by atoms with Crippen LogP contribution in [0.1, 0.15) is 5.56 Å². The van der Waals surface area contributed by atoms with Crippen LogP contribution in [0.3, 0.4) is 0 Å². The van der Waals surface area contributed by atoms with Gasteiger partial charge in [-0.25, -0.2) is 14.6 Å². The molecular formula is C17H19BrN6. The minimum Gasteiger partial charge on any atom is -0.353 e. The van der Waals surface area contributed by atoms with Crippen molar-refractivity contribution < 1.29 is 0 Å². The summed E-state index contributed by atoms with van der Waals surface area (Å²) in [6.45, 7) is 4.76. The minimum atomic E-state index is 0.685. The number of aromatic nitrogens is 4. The average molecular weight is 387 g/mol. The summed E-state index contributed by atoms with van der Waals surface area (Å²) in [6.07, 6.45) is 3.54. The molecule has 1 aliphatic heterocycles. The number of rotatable bonds is 3. The molecule has 0 spiro atoms. The number of fused-ring (bicyclic) bond motifs is 1. The summed E-state index contributed by atoms with van der Waals surface area (Å²) in [6, 6.07) is 8.20. The van der Waals surface area contributed by atoms with Crippen LogP contribution in [0.5, 0.6) is 0 Å². The highest BCUT2D eigenvalue weighted by atomic mass is 79.9. The third-order valence-corrected chi connectivity index (χ3v) is 5.27. The molecule has 1 fully saturated rings. The Kier molecular flexibility index (Phi) is 4.20. The number of piperazine rings is 1. The van der Waals surface area contributed by atoms with E-state index in [1.807, 2.05) is 29.1 Å². The standard InChI is InChI=1S/C17H19BrN6/c1-22-6-8-23(9-7-22)16-14-10-21-24(17(14)20-12-19-16)11-13-4-2-3-5-15(13)18/h2-5,10,12H,6-9,11H2,1H3. The van der Waals surface area contributed by atoms with E-state index >= 15 is 0 Å². The monoisotopic (exact) mass is 386 g/mol. The van der Waals surface area contributed by atoms with Crippen LogP contribution in [0.25, 0.3) is 11.0 Å². The van der Waals surface area contributed by atoms with Crippen molar-refractivity contribution in [2.45, 2.75) is 6.54 Å².